The number of ether oxygens (including phenoxy) is 1. The first-order valence-electron chi connectivity index (χ1n) is 5.26. The summed E-state index contributed by atoms with van der Waals surface area (Å²) in [4.78, 5) is 11.0. The first-order valence-corrected chi connectivity index (χ1v) is 5.26. The second kappa shape index (κ2) is 2.40. The number of rotatable bonds is 1. The van der Waals surface area contributed by atoms with Crippen LogP contribution in [0.1, 0.15) is 26.2 Å². The summed E-state index contributed by atoms with van der Waals surface area (Å²) < 4.78 is 5.30. The van der Waals surface area contributed by atoms with Gasteiger partial charge in [0.25, 0.3) is 0 Å². The van der Waals surface area contributed by atoms with E-state index in [9.17, 15) is 4.79 Å². The third kappa shape index (κ3) is 0.875. The van der Waals surface area contributed by atoms with Gasteiger partial charge in [-0.1, -0.05) is 13.3 Å². The van der Waals surface area contributed by atoms with Gasteiger partial charge in [0.05, 0.1) is 6.04 Å². The number of hydrogen-bond acceptors (Lipinski definition) is 2. The van der Waals surface area contributed by atoms with Crippen molar-refractivity contribution < 1.29 is 9.53 Å². The minimum Gasteiger partial charge on any atom is -0.444 e. The summed E-state index contributed by atoms with van der Waals surface area (Å²) in [6.45, 7) is 2.24. The van der Waals surface area contributed by atoms with E-state index in [0.29, 0.717) is 17.9 Å². The fourth-order valence-corrected chi connectivity index (χ4v) is 3.56. The Balaban J connectivity index is 1.84. The molecule has 0 aromatic rings. The summed E-state index contributed by atoms with van der Waals surface area (Å²) in [6, 6.07) is 0.347. The van der Waals surface area contributed by atoms with Gasteiger partial charge < -0.3 is 10.1 Å². The highest BCUT2D eigenvalue weighted by Crippen LogP contribution is 2.52. The predicted octanol–water partition coefficient (Wildman–Crippen LogP) is 1.53. The first kappa shape index (κ1) is 7.65. The zero-order valence-corrected chi connectivity index (χ0v) is 7.82. The molecule has 3 nitrogen and oxygen atoms in total. The fourth-order valence-electron chi connectivity index (χ4n) is 3.56. The van der Waals surface area contributed by atoms with Crippen LogP contribution in [0.4, 0.5) is 4.79 Å². The molecule has 3 fully saturated rings. The van der Waals surface area contributed by atoms with Crippen LogP contribution >= 0.6 is 0 Å². The van der Waals surface area contributed by atoms with Crippen LogP contribution < -0.4 is 5.32 Å². The van der Waals surface area contributed by atoms with Crippen molar-refractivity contribution in [3.63, 3.8) is 0 Å². The smallest absolute Gasteiger partial charge is 0.407 e. The first-order chi connectivity index (χ1) is 6.29. The van der Waals surface area contributed by atoms with Gasteiger partial charge in [-0.05, 0) is 24.7 Å². The molecule has 0 aromatic heterocycles. The zero-order valence-electron chi connectivity index (χ0n) is 7.82. The standard InChI is InChI=1S/C10H15NO2/c1-2-5-3-6-4-7(5)9-8(6)11-10(12)13-9/h5-9H,2-4H2,1H3,(H,11,12). The van der Waals surface area contributed by atoms with Crippen LogP contribution in [0.15, 0.2) is 0 Å². The maximum Gasteiger partial charge on any atom is 0.407 e. The molecule has 3 rings (SSSR count). The van der Waals surface area contributed by atoms with Crippen molar-refractivity contribution in [1.82, 2.24) is 5.32 Å². The molecule has 0 aromatic carbocycles. The molecule has 0 radical (unpaired) electrons. The average molecular weight is 181 g/mol. The number of nitrogens with one attached hydrogen (secondary N) is 1. The highest BCUT2D eigenvalue weighted by molar-refractivity contribution is 5.70. The monoisotopic (exact) mass is 181 g/mol. The summed E-state index contributed by atoms with van der Waals surface area (Å²) in [5.41, 5.74) is 0. The van der Waals surface area contributed by atoms with Crippen molar-refractivity contribution in [2.45, 2.75) is 38.3 Å². The Morgan fingerprint density at radius 2 is 2.38 bits per heavy atom. The summed E-state index contributed by atoms with van der Waals surface area (Å²) >= 11 is 0. The van der Waals surface area contributed by atoms with Crippen LogP contribution in [-0.2, 0) is 4.74 Å². The molecule has 3 heteroatoms. The zero-order chi connectivity index (χ0) is 9.00. The van der Waals surface area contributed by atoms with Crippen LogP contribution in [0, 0.1) is 17.8 Å². The van der Waals surface area contributed by atoms with Crippen LogP contribution in [0.25, 0.3) is 0 Å². The maximum atomic E-state index is 11.0. The lowest BCUT2D eigenvalue weighted by Crippen LogP contribution is -2.39. The quantitative estimate of drug-likeness (QED) is 0.666. The van der Waals surface area contributed by atoms with E-state index in [-0.39, 0.29) is 12.2 Å². The lowest BCUT2D eigenvalue weighted by Gasteiger charge is -2.28. The summed E-state index contributed by atoms with van der Waals surface area (Å²) in [6.07, 6.45) is 3.82. The molecular formula is C10H15NO2. The molecular weight excluding hydrogens is 166 g/mol. The van der Waals surface area contributed by atoms with E-state index in [0.717, 1.165) is 5.92 Å². The summed E-state index contributed by atoms with van der Waals surface area (Å²) in [7, 11) is 0. The van der Waals surface area contributed by atoms with Crippen LogP contribution in [-0.4, -0.2) is 18.2 Å². The molecule has 5 atom stereocenters. The lowest BCUT2D eigenvalue weighted by atomic mass is 9.83. The van der Waals surface area contributed by atoms with Gasteiger partial charge in [0.15, 0.2) is 0 Å². The van der Waals surface area contributed by atoms with E-state index in [1.807, 2.05) is 0 Å². The highest BCUT2D eigenvalue weighted by Gasteiger charge is 2.57. The average Bonchev–Trinajstić information content (AvgIpc) is 2.71. The van der Waals surface area contributed by atoms with Crippen molar-refractivity contribution in [2.75, 3.05) is 0 Å². The lowest BCUT2D eigenvalue weighted by molar-refractivity contribution is 0.0762. The van der Waals surface area contributed by atoms with Crippen LogP contribution in [0.5, 0.6) is 0 Å². The van der Waals surface area contributed by atoms with Crippen LogP contribution in [0.3, 0.4) is 0 Å². The Morgan fingerprint density at radius 1 is 1.54 bits per heavy atom. The molecule has 1 heterocycles. The van der Waals surface area contributed by atoms with Crippen LogP contribution in [0.2, 0.25) is 0 Å². The molecule has 1 N–H and O–H groups in total. The van der Waals surface area contributed by atoms with Gasteiger partial charge in [-0.15, -0.1) is 0 Å². The van der Waals surface area contributed by atoms with E-state index in [1.54, 1.807) is 0 Å². The van der Waals surface area contributed by atoms with E-state index in [4.69, 9.17) is 4.74 Å². The molecule has 1 aliphatic heterocycles. The Morgan fingerprint density at radius 3 is 3.15 bits per heavy atom. The van der Waals surface area contributed by atoms with Gasteiger partial charge in [0, 0.05) is 5.92 Å². The Labute approximate surface area is 77.8 Å². The fraction of sp³-hybridized carbons (Fsp3) is 0.900. The van der Waals surface area contributed by atoms with E-state index in [2.05, 4.69) is 12.2 Å². The van der Waals surface area contributed by atoms with E-state index >= 15 is 0 Å². The Kier molecular flexibility index (Phi) is 1.41. The molecule has 3 aliphatic rings. The van der Waals surface area contributed by atoms with Crippen molar-refractivity contribution >= 4 is 6.09 Å². The molecule has 5 unspecified atom stereocenters. The molecule has 2 saturated carbocycles. The number of alkyl carbamates (subject to hydrolysis) is 1. The van der Waals surface area contributed by atoms with Crippen molar-refractivity contribution in [3.8, 4) is 0 Å². The molecule has 2 bridgehead atoms. The van der Waals surface area contributed by atoms with Crippen molar-refractivity contribution in [1.29, 1.82) is 0 Å². The molecule has 72 valence electrons. The van der Waals surface area contributed by atoms with Crippen molar-refractivity contribution in [3.05, 3.63) is 0 Å². The molecule has 13 heavy (non-hydrogen) atoms. The van der Waals surface area contributed by atoms with Gasteiger partial charge in [-0.25, -0.2) is 4.79 Å². The maximum absolute atomic E-state index is 11.0. The Hall–Kier alpha value is -0.730. The van der Waals surface area contributed by atoms with Gasteiger partial charge in [0.1, 0.15) is 6.10 Å². The topological polar surface area (TPSA) is 38.3 Å². The van der Waals surface area contributed by atoms with E-state index in [1.165, 1.54) is 19.3 Å². The number of hydrogen-bond donors (Lipinski definition) is 1. The Bertz CT molecular complexity index is 251. The second-order valence-electron chi connectivity index (χ2n) is 4.60. The number of amides is 1. The third-order valence-electron chi connectivity index (χ3n) is 4.12. The predicted molar refractivity (Wildman–Crippen MR) is 47.2 cm³/mol. The molecule has 1 saturated heterocycles. The van der Waals surface area contributed by atoms with Gasteiger partial charge in [0.2, 0.25) is 0 Å². The molecule has 0 spiro atoms. The van der Waals surface area contributed by atoms with Crippen molar-refractivity contribution in [2.24, 2.45) is 17.8 Å². The summed E-state index contributed by atoms with van der Waals surface area (Å²) in [5.74, 6) is 2.16. The molecule has 2 aliphatic carbocycles. The second-order valence-corrected chi connectivity index (χ2v) is 4.60. The molecule has 1 amide bonds. The van der Waals surface area contributed by atoms with Gasteiger partial charge >= 0.3 is 6.09 Å². The number of fused-ring (bicyclic) bond motifs is 5. The third-order valence-corrected chi connectivity index (χ3v) is 4.12. The minimum atomic E-state index is -0.193. The summed E-state index contributed by atoms with van der Waals surface area (Å²) in [5, 5.41) is 2.93. The van der Waals surface area contributed by atoms with Gasteiger partial charge in [-0.3, -0.25) is 0 Å². The number of carbonyl (C=O) groups is 1. The number of carbonyl (C=O) groups excluding carboxylic acids is 1. The highest BCUT2D eigenvalue weighted by atomic mass is 16.6. The normalized spacial score (nSPS) is 51.8. The SMILES string of the molecule is CCC1CC2CC1C1OC(=O)NC21. The van der Waals surface area contributed by atoms with Gasteiger partial charge in [-0.2, -0.15) is 0 Å². The minimum absolute atomic E-state index is 0.193. The largest absolute Gasteiger partial charge is 0.444 e. The van der Waals surface area contributed by atoms with E-state index < -0.39 is 0 Å².